The van der Waals surface area contributed by atoms with Crippen molar-refractivity contribution in [1.82, 2.24) is 9.71 Å². The molecule has 1 unspecified atom stereocenters. The fourth-order valence-electron chi connectivity index (χ4n) is 3.26. The zero-order chi connectivity index (χ0) is 15.7. The fraction of sp³-hybridized carbons (Fsp3) is 0.400. The summed E-state index contributed by atoms with van der Waals surface area (Å²) in [5.74, 6) is -0.0193. The van der Waals surface area contributed by atoms with Crippen molar-refractivity contribution in [2.45, 2.75) is 38.0 Å². The van der Waals surface area contributed by atoms with Gasteiger partial charge >= 0.3 is 0 Å². The summed E-state index contributed by atoms with van der Waals surface area (Å²) in [6.07, 6.45) is 6.20. The molecule has 0 spiro atoms. The van der Waals surface area contributed by atoms with Gasteiger partial charge in [-0.1, -0.05) is 25.3 Å². The third kappa shape index (κ3) is 3.11. The van der Waals surface area contributed by atoms with Crippen LogP contribution in [-0.2, 0) is 11.3 Å². The molecule has 3 rings (SSSR count). The third-order valence-corrected chi connectivity index (χ3v) is 5.23. The number of hydrogen-bond acceptors (Lipinski definition) is 2. The van der Waals surface area contributed by atoms with Crippen LogP contribution in [0.5, 0.6) is 0 Å². The van der Waals surface area contributed by atoms with E-state index < -0.39 is 17.2 Å². The molecule has 0 radical (unpaired) electrons. The maximum Gasteiger partial charge on any atom is 0.264 e. The van der Waals surface area contributed by atoms with Crippen LogP contribution in [0.3, 0.4) is 0 Å². The molecule has 5 nitrogen and oxygen atoms in total. The lowest BCUT2D eigenvalue weighted by atomic mass is 9.84. The Hall–Kier alpha value is -1.18. The lowest BCUT2D eigenvalue weighted by Crippen LogP contribution is -2.24. The van der Waals surface area contributed by atoms with Crippen molar-refractivity contribution in [3.63, 3.8) is 0 Å². The summed E-state index contributed by atoms with van der Waals surface area (Å²) in [4.78, 5) is 15.1. The molecule has 0 bridgehead atoms. The van der Waals surface area contributed by atoms with E-state index in [4.69, 9.17) is 4.55 Å². The predicted molar refractivity (Wildman–Crippen MR) is 90.1 cm³/mol. The first-order valence-corrected chi connectivity index (χ1v) is 9.19. The van der Waals surface area contributed by atoms with Crippen LogP contribution in [0.25, 0.3) is 10.9 Å². The summed E-state index contributed by atoms with van der Waals surface area (Å²) in [6, 6.07) is 5.32. The van der Waals surface area contributed by atoms with E-state index in [9.17, 15) is 9.00 Å². The van der Waals surface area contributed by atoms with Crippen LogP contribution in [0.15, 0.2) is 22.8 Å². The maximum atomic E-state index is 11.8. The van der Waals surface area contributed by atoms with Gasteiger partial charge in [0, 0.05) is 16.5 Å². The van der Waals surface area contributed by atoms with E-state index in [0.717, 1.165) is 15.5 Å². The zero-order valence-corrected chi connectivity index (χ0v) is 14.3. The summed E-state index contributed by atoms with van der Waals surface area (Å²) in [5, 5.41) is 1.11. The highest BCUT2D eigenvalue weighted by molar-refractivity contribution is 9.10. The molecule has 22 heavy (non-hydrogen) atoms. The minimum Gasteiger partial charge on any atom is -0.349 e. The molecule has 118 valence electrons. The Labute approximate surface area is 139 Å². The standard InChI is InChI=1S/C15H17BrN2O3S/c16-14-13(9-4-2-1-3-5-9)11-7-6-10(8-12(11)17-14)15(19)18-22(20)21/h6-9,17H,1-5H2,(H,18,19)(H,20,21). The molecule has 1 aliphatic carbocycles. The Bertz CT molecular complexity index is 738. The number of aromatic nitrogens is 1. The van der Waals surface area contributed by atoms with E-state index >= 15 is 0 Å². The number of amides is 1. The first-order valence-electron chi connectivity index (χ1n) is 7.29. The summed E-state index contributed by atoms with van der Waals surface area (Å²) < 4.78 is 22.4. The van der Waals surface area contributed by atoms with Gasteiger partial charge < -0.3 is 4.98 Å². The van der Waals surface area contributed by atoms with Crippen molar-refractivity contribution in [1.29, 1.82) is 0 Å². The van der Waals surface area contributed by atoms with E-state index in [1.165, 1.54) is 37.7 Å². The lowest BCUT2D eigenvalue weighted by Gasteiger charge is -2.21. The van der Waals surface area contributed by atoms with Gasteiger partial charge in [0.25, 0.3) is 17.2 Å². The molecular formula is C15H17BrN2O3S. The second kappa shape index (κ2) is 6.52. The number of fused-ring (bicyclic) bond motifs is 1. The quantitative estimate of drug-likeness (QED) is 0.702. The van der Waals surface area contributed by atoms with E-state index in [0.29, 0.717) is 11.5 Å². The second-order valence-corrected chi connectivity index (χ2v) is 7.12. The number of benzene rings is 1. The molecule has 1 heterocycles. The second-order valence-electron chi connectivity index (χ2n) is 5.63. The molecule has 1 aromatic carbocycles. The van der Waals surface area contributed by atoms with Crippen molar-refractivity contribution in [2.75, 3.05) is 0 Å². The number of aromatic amines is 1. The van der Waals surface area contributed by atoms with Gasteiger partial charge in [0.05, 0.1) is 4.60 Å². The van der Waals surface area contributed by atoms with Crippen LogP contribution >= 0.6 is 15.9 Å². The van der Waals surface area contributed by atoms with Gasteiger partial charge in [0.15, 0.2) is 0 Å². The molecule has 2 aromatic rings. The molecule has 0 saturated heterocycles. The predicted octanol–water partition coefficient (Wildman–Crippen LogP) is 3.84. The number of nitrogens with one attached hydrogen (secondary N) is 2. The van der Waals surface area contributed by atoms with Crippen LogP contribution in [0.1, 0.15) is 53.9 Å². The van der Waals surface area contributed by atoms with Gasteiger partial charge in [-0.3, -0.25) is 9.35 Å². The summed E-state index contributed by atoms with van der Waals surface area (Å²) in [5.41, 5.74) is 2.51. The third-order valence-electron chi connectivity index (χ3n) is 4.25. The lowest BCUT2D eigenvalue weighted by molar-refractivity contribution is 0.0981. The summed E-state index contributed by atoms with van der Waals surface area (Å²) in [6.45, 7) is 0. The van der Waals surface area contributed by atoms with Gasteiger partial charge in [-0.15, -0.1) is 0 Å². The number of carbonyl (C=O) groups excluding carboxylic acids is 1. The van der Waals surface area contributed by atoms with Crippen LogP contribution in [0, 0.1) is 0 Å². The average Bonchev–Trinajstić information content (AvgIpc) is 2.82. The van der Waals surface area contributed by atoms with E-state index in [1.807, 2.05) is 10.8 Å². The number of halogens is 1. The first kappa shape index (κ1) is 15.7. The fourth-order valence-corrected chi connectivity index (χ4v) is 4.28. The van der Waals surface area contributed by atoms with Gasteiger partial charge in [0.1, 0.15) is 0 Å². The topological polar surface area (TPSA) is 82.2 Å². The minimum absolute atomic E-state index is 0.360. The Morgan fingerprint density at radius 1 is 1.32 bits per heavy atom. The zero-order valence-electron chi connectivity index (χ0n) is 11.9. The molecule has 3 N–H and O–H groups in total. The van der Waals surface area contributed by atoms with Crippen molar-refractivity contribution in [2.24, 2.45) is 0 Å². The van der Waals surface area contributed by atoms with Crippen LogP contribution in [0.2, 0.25) is 0 Å². The normalized spacial score (nSPS) is 17.5. The van der Waals surface area contributed by atoms with Gasteiger partial charge in [-0.25, -0.2) is 8.93 Å². The molecule has 1 atom stereocenters. The smallest absolute Gasteiger partial charge is 0.264 e. The Balaban J connectivity index is 1.97. The van der Waals surface area contributed by atoms with Gasteiger partial charge in [0.2, 0.25) is 0 Å². The van der Waals surface area contributed by atoms with Crippen molar-refractivity contribution < 1.29 is 13.6 Å². The number of rotatable bonds is 3. The summed E-state index contributed by atoms with van der Waals surface area (Å²) in [7, 11) is 0. The molecule has 1 amide bonds. The Morgan fingerprint density at radius 3 is 2.73 bits per heavy atom. The molecule has 7 heteroatoms. The number of H-pyrrole nitrogens is 1. The number of carbonyl (C=O) groups is 1. The molecule has 1 aliphatic rings. The van der Waals surface area contributed by atoms with E-state index in [-0.39, 0.29) is 0 Å². The van der Waals surface area contributed by atoms with Crippen molar-refractivity contribution in [3.8, 4) is 0 Å². The molecule has 1 aromatic heterocycles. The monoisotopic (exact) mass is 384 g/mol. The maximum absolute atomic E-state index is 11.8. The van der Waals surface area contributed by atoms with Gasteiger partial charge in [-0.05, 0) is 52.4 Å². The molecule has 0 aliphatic heterocycles. The minimum atomic E-state index is -2.35. The first-order chi connectivity index (χ1) is 10.6. The largest absolute Gasteiger partial charge is 0.349 e. The Morgan fingerprint density at radius 2 is 2.05 bits per heavy atom. The highest BCUT2D eigenvalue weighted by atomic mass is 79.9. The average molecular weight is 385 g/mol. The Kier molecular flexibility index (Phi) is 4.65. The highest BCUT2D eigenvalue weighted by Crippen LogP contribution is 2.40. The highest BCUT2D eigenvalue weighted by Gasteiger charge is 2.22. The number of hydrogen-bond donors (Lipinski definition) is 3. The molecule has 1 fully saturated rings. The van der Waals surface area contributed by atoms with Gasteiger partial charge in [-0.2, -0.15) is 0 Å². The molecular weight excluding hydrogens is 368 g/mol. The van der Waals surface area contributed by atoms with Crippen molar-refractivity contribution in [3.05, 3.63) is 33.9 Å². The van der Waals surface area contributed by atoms with Crippen molar-refractivity contribution >= 4 is 44.0 Å². The van der Waals surface area contributed by atoms with Crippen LogP contribution < -0.4 is 4.72 Å². The van der Waals surface area contributed by atoms with E-state index in [2.05, 4.69) is 20.9 Å². The summed E-state index contributed by atoms with van der Waals surface area (Å²) >= 11 is 1.25. The van der Waals surface area contributed by atoms with Crippen LogP contribution in [0.4, 0.5) is 0 Å². The van der Waals surface area contributed by atoms with E-state index in [1.54, 1.807) is 12.1 Å². The SMILES string of the molecule is O=C(NS(=O)O)c1ccc2c(C3CCCCC3)c(Br)[nH]c2c1. The molecule has 1 saturated carbocycles. The van der Waals surface area contributed by atoms with Crippen LogP contribution in [-0.4, -0.2) is 19.7 Å².